The lowest BCUT2D eigenvalue weighted by Gasteiger charge is -2.10. The van der Waals surface area contributed by atoms with Gasteiger partial charge in [-0.15, -0.1) is 0 Å². The number of esters is 1. The first-order chi connectivity index (χ1) is 10.4. The van der Waals surface area contributed by atoms with E-state index >= 15 is 0 Å². The lowest BCUT2D eigenvalue weighted by Crippen LogP contribution is -2.29. The van der Waals surface area contributed by atoms with E-state index < -0.39 is 12.1 Å². The minimum absolute atomic E-state index is 0.0179. The molecule has 7 nitrogen and oxygen atoms in total. The molecule has 22 heavy (non-hydrogen) atoms. The lowest BCUT2D eigenvalue weighted by molar-refractivity contribution is 0.0597. The number of benzene rings is 1. The quantitative estimate of drug-likeness (QED) is 0.590. The third-order valence-electron chi connectivity index (χ3n) is 2.56. The molecule has 1 aromatic carbocycles. The molecule has 0 radical (unpaired) electrons. The van der Waals surface area contributed by atoms with Crippen LogP contribution in [0.25, 0.3) is 0 Å². The van der Waals surface area contributed by atoms with E-state index in [2.05, 4.69) is 10.1 Å². The molecule has 0 aliphatic rings. The number of carbonyl (C=O) groups excluding carboxylic acids is 2. The number of alkyl carbamates (subject to hydrolysis) is 1. The molecular formula is C15H21NO6. The van der Waals surface area contributed by atoms with Gasteiger partial charge in [-0.3, -0.25) is 0 Å². The molecule has 0 unspecified atom stereocenters. The maximum absolute atomic E-state index is 11.4. The van der Waals surface area contributed by atoms with Crippen LogP contribution in [-0.4, -0.2) is 44.0 Å². The summed E-state index contributed by atoms with van der Waals surface area (Å²) >= 11 is 0. The fraction of sp³-hybridized carbons (Fsp3) is 0.467. The van der Waals surface area contributed by atoms with Gasteiger partial charge >= 0.3 is 12.1 Å². The van der Waals surface area contributed by atoms with Crippen LogP contribution >= 0.6 is 0 Å². The maximum atomic E-state index is 11.4. The van der Waals surface area contributed by atoms with E-state index in [1.165, 1.54) is 25.3 Å². The van der Waals surface area contributed by atoms with Crippen molar-refractivity contribution in [3.63, 3.8) is 0 Å². The third kappa shape index (κ3) is 5.90. The van der Waals surface area contributed by atoms with Gasteiger partial charge in [0.15, 0.2) is 0 Å². The van der Waals surface area contributed by atoms with Crippen molar-refractivity contribution in [3.05, 3.63) is 23.8 Å². The molecule has 0 fully saturated rings. The number of phenolic OH excluding ortho intramolecular Hbond substituents is 1. The topological polar surface area (TPSA) is 94.1 Å². The van der Waals surface area contributed by atoms with Crippen molar-refractivity contribution in [2.45, 2.75) is 13.8 Å². The van der Waals surface area contributed by atoms with Crippen molar-refractivity contribution in [3.8, 4) is 11.5 Å². The second kappa shape index (κ2) is 8.76. The fourth-order valence-electron chi connectivity index (χ4n) is 1.49. The number of rotatable bonds is 7. The molecular weight excluding hydrogens is 290 g/mol. The molecule has 0 spiro atoms. The summed E-state index contributed by atoms with van der Waals surface area (Å²) in [6.07, 6.45) is -0.502. The zero-order chi connectivity index (χ0) is 16.5. The standard InChI is InChI=1S/C15H21NO6/c1-10(2)9-22-15(19)16-6-7-21-11-4-5-13(17)12(8-11)14(18)20-3/h4-5,8,10,17H,6-7,9H2,1-3H3,(H,16,19). The molecule has 0 aromatic heterocycles. The Morgan fingerprint density at radius 2 is 2.05 bits per heavy atom. The summed E-state index contributed by atoms with van der Waals surface area (Å²) in [5.41, 5.74) is 0.0179. The van der Waals surface area contributed by atoms with Crippen molar-refractivity contribution < 1.29 is 28.9 Å². The molecule has 0 aliphatic heterocycles. The summed E-state index contributed by atoms with van der Waals surface area (Å²) in [4.78, 5) is 22.7. The first-order valence-corrected chi connectivity index (χ1v) is 6.88. The number of ether oxygens (including phenoxy) is 3. The molecule has 7 heteroatoms. The van der Waals surface area contributed by atoms with Gasteiger partial charge in [0.25, 0.3) is 0 Å². The van der Waals surface area contributed by atoms with E-state index in [-0.39, 0.29) is 30.4 Å². The SMILES string of the molecule is COC(=O)c1cc(OCCNC(=O)OCC(C)C)ccc1O. The highest BCUT2D eigenvalue weighted by atomic mass is 16.5. The van der Waals surface area contributed by atoms with Crippen LogP contribution in [0.2, 0.25) is 0 Å². The molecule has 2 N–H and O–H groups in total. The summed E-state index contributed by atoms with van der Waals surface area (Å²) in [6.45, 7) is 4.70. The summed E-state index contributed by atoms with van der Waals surface area (Å²) in [5.74, 6) is -0.181. The van der Waals surface area contributed by atoms with Gasteiger partial charge in [-0.05, 0) is 24.1 Å². The summed E-state index contributed by atoms with van der Waals surface area (Å²) in [6, 6.07) is 4.23. The highest BCUT2D eigenvalue weighted by Crippen LogP contribution is 2.23. The zero-order valence-electron chi connectivity index (χ0n) is 12.9. The monoisotopic (exact) mass is 311 g/mol. The number of hydrogen-bond donors (Lipinski definition) is 2. The number of aromatic hydroxyl groups is 1. The van der Waals surface area contributed by atoms with E-state index in [4.69, 9.17) is 9.47 Å². The minimum atomic E-state index is -0.654. The highest BCUT2D eigenvalue weighted by Gasteiger charge is 2.12. The Labute approximate surface area is 129 Å². The average Bonchev–Trinajstić information content (AvgIpc) is 2.50. The number of amides is 1. The van der Waals surface area contributed by atoms with E-state index in [0.717, 1.165) is 0 Å². The van der Waals surface area contributed by atoms with Gasteiger partial charge in [0, 0.05) is 0 Å². The van der Waals surface area contributed by atoms with Gasteiger partial charge in [0.05, 0.1) is 20.3 Å². The van der Waals surface area contributed by atoms with Gasteiger partial charge in [0.1, 0.15) is 23.7 Å². The normalized spacial score (nSPS) is 10.2. The van der Waals surface area contributed by atoms with Gasteiger partial charge in [-0.2, -0.15) is 0 Å². The predicted octanol–water partition coefficient (Wildman–Crippen LogP) is 1.94. The Bertz CT molecular complexity index is 515. The molecule has 0 heterocycles. The average molecular weight is 311 g/mol. The second-order valence-corrected chi connectivity index (χ2v) is 4.94. The largest absolute Gasteiger partial charge is 0.507 e. The van der Waals surface area contributed by atoms with Crippen molar-refractivity contribution in [1.29, 1.82) is 0 Å². The smallest absolute Gasteiger partial charge is 0.407 e. The molecule has 1 amide bonds. The van der Waals surface area contributed by atoms with E-state index in [9.17, 15) is 14.7 Å². The number of nitrogens with one attached hydrogen (secondary N) is 1. The number of hydrogen-bond acceptors (Lipinski definition) is 6. The van der Waals surface area contributed by atoms with Crippen LogP contribution in [0, 0.1) is 5.92 Å². The Morgan fingerprint density at radius 3 is 2.68 bits per heavy atom. The van der Waals surface area contributed by atoms with Crippen LogP contribution in [0.15, 0.2) is 18.2 Å². The minimum Gasteiger partial charge on any atom is -0.507 e. The van der Waals surface area contributed by atoms with Gasteiger partial charge < -0.3 is 24.6 Å². The Hall–Kier alpha value is -2.44. The van der Waals surface area contributed by atoms with Crippen LogP contribution in [0.1, 0.15) is 24.2 Å². The number of methoxy groups -OCH3 is 1. The van der Waals surface area contributed by atoms with Crippen molar-refractivity contribution in [2.75, 3.05) is 26.9 Å². The fourth-order valence-corrected chi connectivity index (χ4v) is 1.49. The summed E-state index contributed by atoms with van der Waals surface area (Å²) < 4.78 is 14.9. The number of carbonyl (C=O) groups is 2. The molecule has 0 saturated heterocycles. The van der Waals surface area contributed by atoms with Crippen LogP contribution in [-0.2, 0) is 9.47 Å². The maximum Gasteiger partial charge on any atom is 0.407 e. The van der Waals surface area contributed by atoms with Crippen LogP contribution in [0.3, 0.4) is 0 Å². The van der Waals surface area contributed by atoms with Gasteiger partial charge in [0.2, 0.25) is 0 Å². The van der Waals surface area contributed by atoms with Crippen molar-refractivity contribution in [2.24, 2.45) is 5.92 Å². The van der Waals surface area contributed by atoms with Crippen LogP contribution in [0.5, 0.6) is 11.5 Å². The van der Waals surface area contributed by atoms with Crippen molar-refractivity contribution >= 4 is 12.1 Å². The molecule has 0 bridgehead atoms. The predicted molar refractivity (Wildman–Crippen MR) is 79.1 cm³/mol. The van der Waals surface area contributed by atoms with E-state index in [1.807, 2.05) is 13.8 Å². The first-order valence-electron chi connectivity index (χ1n) is 6.88. The van der Waals surface area contributed by atoms with Crippen molar-refractivity contribution in [1.82, 2.24) is 5.32 Å². The van der Waals surface area contributed by atoms with E-state index in [0.29, 0.717) is 12.4 Å². The Kier molecular flexibility index (Phi) is 7.01. The molecule has 0 saturated carbocycles. The summed E-state index contributed by atoms with van der Waals surface area (Å²) in [7, 11) is 1.22. The van der Waals surface area contributed by atoms with Gasteiger partial charge in [-0.1, -0.05) is 13.8 Å². The Morgan fingerprint density at radius 1 is 1.32 bits per heavy atom. The van der Waals surface area contributed by atoms with Crippen LogP contribution in [0.4, 0.5) is 4.79 Å². The number of phenols is 1. The Balaban J connectivity index is 2.39. The molecule has 1 aromatic rings. The van der Waals surface area contributed by atoms with Crippen LogP contribution < -0.4 is 10.1 Å². The van der Waals surface area contributed by atoms with Gasteiger partial charge in [-0.25, -0.2) is 9.59 Å². The third-order valence-corrected chi connectivity index (χ3v) is 2.56. The molecule has 0 aliphatic carbocycles. The lowest BCUT2D eigenvalue weighted by atomic mass is 10.2. The first kappa shape index (κ1) is 17.6. The molecule has 122 valence electrons. The second-order valence-electron chi connectivity index (χ2n) is 4.94. The highest BCUT2D eigenvalue weighted by molar-refractivity contribution is 5.92. The molecule has 1 rings (SSSR count). The molecule has 0 atom stereocenters. The summed E-state index contributed by atoms with van der Waals surface area (Å²) in [5, 5.41) is 12.1. The van der Waals surface area contributed by atoms with E-state index in [1.54, 1.807) is 0 Å². The zero-order valence-corrected chi connectivity index (χ0v) is 12.9.